The number of unbranched alkanes of at least 4 members (excludes halogenated alkanes) is 1. The Bertz CT molecular complexity index is 824. The molecule has 8 heteroatoms. The standard InChI is InChI=1S/C23H34N4O4/c1-7-8-12-25-21(29)20(18-10-9-16(2)17(3)14-18)27(13-11-24)19(28)15-26-22(30)31-23(4,5)6/h9-10,14,20H,7-8,12-13,15H2,1-6H3,(H,25,29)(H,26,30). The van der Waals surface area contributed by atoms with Crippen LogP contribution in [0.15, 0.2) is 18.2 Å². The summed E-state index contributed by atoms with van der Waals surface area (Å²) in [7, 11) is 0. The maximum Gasteiger partial charge on any atom is 0.408 e. The number of rotatable bonds is 9. The normalized spacial score (nSPS) is 11.8. The molecule has 3 amide bonds. The van der Waals surface area contributed by atoms with Crippen molar-refractivity contribution in [2.75, 3.05) is 19.6 Å². The first-order valence-electron chi connectivity index (χ1n) is 10.5. The van der Waals surface area contributed by atoms with E-state index in [1.165, 1.54) is 4.90 Å². The Kier molecular flexibility index (Phi) is 10.00. The average Bonchev–Trinajstić information content (AvgIpc) is 2.67. The van der Waals surface area contributed by atoms with Crippen molar-refractivity contribution < 1.29 is 19.1 Å². The molecule has 0 aliphatic carbocycles. The second kappa shape index (κ2) is 11.9. The van der Waals surface area contributed by atoms with Gasteiger partial charge in [-0.15, -0.1) is 0 Å². The van der Waals surface area contributed by atoms with E-state index >= 15 is 0 Å². The van der Waals surface area contributed by atoms with Crippen molar-refractivity contribution in [1.82, 2.24) is 15.5 Å². The fraction of sp³-hybridized carbons (Fsp3) is 0.565. The van der Waals surface area contributed by atoms with Gasteiger partial charge in [-0.2, -0.15) is 5.26 Å². The lowest BCUT2D eigenvalue weighted by atomic mass is 9.99. The van der Waals surface area contributed by atoms with Gasteiger partial charge in [0.05, 0.1) is 6.07 Å². The number of aryl methyl sites for hydroxylation is 2. The van der Waals surface area contributed by atoms with Gasteiger partial charge in [-0.3, -0.25) is 9.59 Å². The van der Waals surface area contributed by atoms with Crippen molar-refractivity contribution in [2.24, 2.45) is 0 Å². The van der Waals surface area contributed by atoms with Crippen LogP contribution in [-0.4, -0.2) is 48.0 Å². The first-order chi connectivity index (χ1) is 14.5. The SMILES string of the molecule is CCCCNC(=O)C(c1ccc(C)c(C)c1)N(CC#N)C(=O)CNC(=O)OC(C)(C)C. The predicted octanol–water partition coefficient (Wildman–Crippen LogP) is 3.14. The largest absolute Gasteiger partial charge is 0.444 e. The minimum Gasteiger partial charge on any atom is -0.444 e. The van der Waals surface area contributed by atoms with Gasteiger partial charge in [-0.1, -0.05) is 31.5 Å². The highest BCUT2D eigenvalue weighted by Gasteiger charge is 2.31. The fourth-order valence-corrected chi connectivity index (χ4v) is 2.86. The van der Waals surface area contributed by atoms with Crippen molar-refractivity contribution in [3.8, 4) is 6.07 Å². The molecule has 0 spiro atoms. The lowest BCUT2D eigenvalue weighted by Gasteiger charge is -2.30. The average molecular weight is 431 g/mol. The number of carbonyl (C=O) groups is 3. The minimum absolute atomic E-state index is 0.298. The number of nitrogens with zero attached hydrogens (tertiary/aromatic N) is 2. The van der Waals surface area contributed by atoms with Crippen molar-refractivity contribution in [2.45, 2.75) is 66.0 Å². The van der Waals surface area contributed by atoms with Crippen LogP contribution in [0.25, 0.3) is 0 Å². The predicted molar refractivity (Wildman–Crippen MR) is 118 cm³/mol. The van der Waals surface area contributed by atoms with Crippen LogP contribution < -0.4 is 10.6 Å². The van der Waals surface area contributed by atoms with Crippen LogP contribution in [0, 0.1) is 25.2 Å². The Morgan fingerprint density at radius 1 is 1.16 bits per heavy atom. The third-order valence-corrected chi connectivity index (χ3v) is 4.58. The molecule has 1 aromatic rings. The van der Waals surface area contributed by atoms with Crippen molar-refractivity contribution in [3.05, 3.63) is 34.9 Å². The lowest BCUT2D eigenvalue weighted by Crippen LogP contribution is -2.48. The number of hydrogen-bond donors (Lipinski definition) is 2. The van der Waals surface area contributed by atoms with Gasteiger partial charge in [0, 0.05) is 6.54 Å². The molecule has 1 aromatic carbocycles. The summed E-state index contributed by atoms with van der Waals surface area (Å²) in [6.07, 6.45) is 0.973. The smallest absolute Gasteiger partial charge is 0.408 e. The Morgan fingerprint density at radius 3 is 2.39 bits per heavy atom. The summed E-state index contributed by atoms with van der Waals surface area (Å²) in [4.78, 5) is 39.1. The van der Waals surface area contributed by atoms with E-state index in [2.05, 4.69) is 10.6 Å². The Labute approximate surface area is 184 Å². The molecule has 0 heterocycles. The Balaban J connectivity index is 3.14. The zero-order chi connectivity index (χ0) is 23.6. The summed E-state index contributed by atoms with van der Waals surface area (Å²) in [5.74, 6) is -0.918. The number of amides is 3. The molecular formula is C23H34N4O4. The highest BCUT2D eigenvalue weighted by Crippen LogP contribution is 2.24. The molecule has 0 aromatic heterocycles. The quantitative estimate of drug-likeness (QED) is 0.462. The van der Waals surface area contributed by atoms with E-state index in [0.29, 0.717) is 12.1 Å². The van der Waals surface area contributed by atoms with E-state index < -0.39 is 23.6 Å². The number of nitriles is 1. The molecule has 0 radical (unpaired) electrons. The van der Waals surface area contributed by atoms with E-state index in [9.17, 15) is 19.6 Å². The summed E-state index contributed by atoms with van der Waals surface area (Å²) in [5, 5.41) is 14.6. The van der Waals surface area contributed by atoms with E-state index in [4.69, 9.17) is 4.74 Å². The maximum absolute atomic E-state index is 13.0. The van der Waals surface area contributed by atoms with Crippen LogP contribution in [0.2, 0.25) is 0 Å². The van der Waals surface area contributed by atoms with E-state index in [-0.39, 0.29) is 19.0 Å². The number of alkyl carbamates (subject to hydrolysis) is 1. The van der Waals surface area contributed by atoms with Crippen LogP contribution >= 0.6 is 0 Å². The number of nitrogens with one attached hydrogen (secondary N) is 2. The second-order valence-corrected chi connectivity index (χ2v) is 8.43. The molecule has 0 aliphatic rings. The van der Waals surface area contributed by atoms with Crippen LogP contribution in [0.4, 0.5) is 4.79 Å². The van der Waals surface area contributed by atoms with Gasteiger partial charge < -0.3 is 20.3 Å². The number of benzene rings is 1. The molecule has 1 atom stereocenters. The summed E-state index contributed by atoms with van der Waals surface area (Å²) in [5.41, 5.74) is 1.93. The molecule has 0 fully saturated rings. The third kappa shape index (κ3) is 8.67. The molecular weight excluding hydrogens is 396 g/mol. The topological polar surface area (TPSA) is 112 Å². The number of ether oxygens (including phenoxy) is 1. The van der Waals surface area contributed by atoms with Crippen molar-refractivity contribution >= 4 is 17.9 Å². The Hall–Kier alpha value is -3.08. The molecule has 1 unspecified atom stereocenters. The van der Waals surface area contributed by atoms with Crippen LogP contribution in [0.3, 0.4) is 0 Å². The van der Waals surface area contributed by atoms with Gasteiger partial charge in [-0.25, -0.2) is 4.79 Å². The molecule has 170 valence electrons. The molecule has 2 N–H and O–H groups in total. The zero-order valence-electron chi connectivity index (χ0n) is 19.4. The fourth-order valence-electron chi connectivity index (χ4n) is 2.86. The highest BCUT2D eigenvalue weighted by atomic mass is 16.6. The van der Waals surface area contributed by atoms with Crippen LogP contribution in [0.5, 0.6) is 0 Å². The van der Waals surface area contributed by atoms with Gasteiger partial charge in [0.1, 0.15) is 24.7 Å². The van der Waals surface area contributed by atoms with Gasteiger partial charge in [0.2, 0.25) is 11.8 Å². The molecule has 0 saturated heterocycles. The molecule has 8 nitrogen and oxygen atoms in total. The van der Waals surface area contributed by atoms with E-state index in [1.54, 1.807) is 26.8 Å². The van der Waals surface area contributed by atoms with E-state index in [1.807, 2.05) is 39.0 Å². The second-order valence-electron chi connectivity index (χ2n) is 8.43. The summed E-state index contributed by atoms with van der Waals surface area (Å²) >= 11 is 0. The highest BCUT2D eigenvalue weighted by molar-refractivity contribution is 5.90. The molecule has 0 saturated carbocycles. The van der Waals surface area contributed by atoms with Gasteiger partial charge in [0.25, 0.3) is 0 Å². The Morgan fingerprint density at radius 2 is 1.84 bits per heavy atom. The number of hydrogen-bond acceptors (Lipinski definition) is 5. The third-order valence-electron chi connectivity index (χ3n) is 4.58. The van der Waals surface area contributed by atoms with Gasteiger partial charge >= 0.3 is 6.09 Å². The molecule has 1 rings (SSSR count). The van der Waals surface area contributed by atoms with E-state index in [0.717, 1.165) is 24.0 Å². The molecule has 31 heavy (non-hydrogen) atoms. The van der Waals surface area contributed by atoms with Gasteiger partial charge in [0.15, 0.2) is 0 Å². The van der Waals surface area contributed by atoms with Crippen LogP contribution in [0.1, 0.15) is 63.3 Å². The number of carbonyl (C=O) groups excluding carboxylic acids is 3. The summed E-state index contributed by atoms with van der Waals surface area (Å²) < 4.78 is 5.15. The van der Waals surface area contributed by atoms with Crippen molar-refractivity contribution in [3.63, 3.8) is 0 Å². The van der Waals surface area contributed by atoms with Crippen molar-refractivity contribution in [1.29, 1.82) is 5.26 Å². The lowest BCUT2D eigenvalue weighted by molar-refractivity contribution is -0.139. The summed E-state index contributed by atoms with van der Waals surface area (Å²) in [6.45, 7) is 10.8. The first-order valence-corrected chi connectivity index (χ1v) is 10.5. The minimum atomic E-state index is -0.983. The first kappa shape index (κ1) is 26.0. The van der Waals surface area contributed by atoms with Crippen LogP contribution in [-0.2, 0) is 14.3 Å². The zero-order valence-corrected chi connectivity index (χ0v) is 19.4. The molecule has 0 aliphatic heterocycles. The maximum atomic E-state index is 13.0. The monoisotopic (exact) mass is 430 g/mol. The summed E-state index contributed by atoms with van der Waals surface area (Å²) in [6, 6.07) is 6.48. The molecule has 0 bridgehead atoms. The van der Waals surface area contributed by atoms with Gasteiger partial charge in [-0.05, 0) is 57.7 Å².